The van der Waals surface area contributed by atoms with E-state index >= 15 is 0 Å². The minimum atomic E-state index is -1.07. The van der Waals surface area contributed by atoms with Crippen molar-refractivity contribution in [1.82, 2.24) is 46.0 Å². The number of ether oxygens (including phenoxy) is 3. The number of nitrogens with two attached hydrogens (primary N) is 1. The van der Waals surface area contributed by atoms with Gasteiger partial charge in [-0.2, -0.15) is 5.10 Å². The fraction of sp³-hybridized carbons (Fsp3) is 0.245. The summed E-state index contributed by atoms with van der Waals surface area (Å²) in [6.45, 7) is 6.41. The van der Waals surface area contributed by atoms with E-state index in [1.165, 1.54) is 88.4 Å². The second-order valence-electron chi connectivity index (χ2n) is 13.8. The Morgan fingerprint density at radius 2 is 1.23 bits per heavy atom. The van der Waals surface area contributed by atoms with Gasteiger partial charge in [-0.05, 0) is 32.9 Å². The molecule has 0 unspecified atom stereocenters. The van der Waals surface area contributed by atoms with Crippen molar-refractivity contribution in [3.63, 3.8) is 0 Å². The van der Waals surface area contributed by atoms with Crippen molar-refractivity contribution < 1.29 is 84.6 Å². The van der Waals surface area contributed by atoms with Gasteiger partial charge in [0.05, 0.1) is 46.3 Å². The Bertz CT molecular complexity index is 2930. The Morgan fingerprint density at radius 3 is 1.67 bits per heavy atom. The molecule has 4 N–H and O–H groups in total. The molecule has 418 valence electrons. The Labute approximate surface area is 450 Å². The highest BCUT2D eigenvalue weighted by molar-refractivity contribution is 6.07. The zero-order chi connectivity index (χ0) is 57.1. The van der Waals surface area contributed by atoms with E-state index in [9.17, 15) is 37.5 Å². The fourth-order valence-electron chi connectivity index (χ4n) is 5.11. The zero-order valence-corrected chi connectivity index (χ0v) is 43.7. The first kappa shape index (κ1) is 66.6. The number of carboxylic acids is 1. The number of aromatic carboxylic acids is 1. The van der Waals surface area contributed by atoms with Crippen LogP contribution in [0.4, 0.5) is 8.78 Å². The average molecular weight is 1110 g/mol. The van der Waals surface area contributed by atoms with Crippen LogP contribution >= 0.6 is 12.4 Å². The normalized spacial score (nSPS) is 9.88. The summed E-state index contributed by atoms with van der Waals surface area (Å²) in [5, 5.41) is 28.5. The molecule has 0 atom stereocenters. The number of likely N-dealkylation sites (N-methyl/N-ethyl adjacent to an activating group) is 1. The van der Waals surface area contributed by atoms with Gasteiger partial charge in [0.15, 0.2) is 28.5 Å². The number of carbonyl (C=O) groups is 6. The molecule has 5 aromatic heterocycles. The second-order valence-corrected chi connectivity index (χ2v) is 13.8. The van der Waals surface area contributed by atoms with E-state index in [0.717, 1.165) is 16.2 Å². The lowest BCUT2D eigenvalue weighted by Crippen LogP contribution is -2.25. The minimum Gasteiger partial charge on any atom is -0.476 e. The summed E-state index contributed by atoms with van der Waals surface area (Å²) in [5.74, 6) is 2.59. The quantitative estimate of drug-likeness (QED) is 0.0142. The molecule has 0 aliphatic heterocycles. The van der Waals surface area contributed by atoms with Crippen molar-refractivity contribution in [1.29, 1.82) is 0 Å². The van der Waals surface area contributed by atoms with Crippen LogP contribution in [-0.4, -0.2) is 129 Å². The van der Waals surface area contributed by atoms with Crippen LogP contribution < -0.4 is 11.3 Å². The molecular weight excluding hydrogens is 1060 g/mol. The highest BCUT2D eigenvalue weighted by Gasteiger charge is 2.21. The highest BCUT2D eigenvalue weighted by Crippen LogP contribution is 2.21. The maximum atomic E-state index is 13.9. The summed E-state index contributed by atoms with van der Waals surface area (Å²) in [4.78, 5) is 75.8. The number of rotatable bonds is 17. The van der Waals surface area contributed by atoms with Crippen molar-refractivity contribution in [3.8, 4) is 23.7 Å². The number of hydrogen-bond donors (Lipinski definition) is 3. The molecule has 0 bridgehead atoms. The van der Waals surface area contributed by atoms with Gasteiger partial charge in [-0.1, -0.05) is 57.0 Å². The first-order chi connectivity index (χ1) is 37.0. The number of amides is 1. The van der Waals surface area contributed by atoms with Crippen molar-refractivity contribution >= 4 is 48.0 Å². The molecule has 0 spiro atoms. The van der Waals surface area contributed by atoms with Crippen LogP contribution in [0.2, 0.25) is 0 Å². The molecule has 2 aromatic carbocycles. The summed E-state index contributed by atoms with van der Waals surface area (Å²) >= 11 is 0. The largest absolute Gasteiger partial charge is 0.476 e. The lowest BCUT2D eigenvalue weighted by molar-refractivity contribution is -0.149. The number of terminal acetylenes is 1. The average Bonchev–Trinajstić information content (AvgIpc) is 4.30. The number of carbonyl (C=O) groups excluding carboxylic acids is 5. The molecule has 78 heavy (non-hydrogen) atoms. The molecule has 0 fully saturated rings. The molecule has 0 aliphatic rings. The van der Waals surface area contributed by atoms with E-state index in [4.69, 9.17) is 29.8 Å². The lowest BCUT2D eigenvalue weighted by Gasteiger charge is -2.17. The number of allylic oxidation sites excluding steroid dienone is 1. The Kier molecular flexibility index (Phi) is 31.9. The maximum Gasteiger partial charge on any atom is 0.384 e. The fourth-order valence-corrected chi connectivity index (χ4v) is 5.11. The molecule has 29 heteroatoms. The van der Waals surface area contributed by atoms with Crippen LogP contribution in [0.1, 0.15) is 73.9 Å². The molecule has 26 nitrogen and oxygen atoms in total. The van der Waals surface area contributed by atoms with Gasteiger partial charge < -0.3 is 37.4 Å². The number of ketones is 1. The standard InChI is InChI=1S/C16H14FN3O3.C11H14N2O5.C7H9FN2.C6H8N2O3.C5H6O2.C4H3NO3.ClH/c1-2-22-16(21)14-9-15(13-7-8-23-19-13)20(18-14)10-11-5-3-4-6-12(11)17;1-4-17-11(15)9(13(2)16-3)7-10(14)8-5-6-18-12-8;8-7-4-2-1-3-6(7)5-10-9;1-8(10-2)6(9)5-3-4-11-7-5;1-3-5(6)7-4-2;6-4(7)3-1-2-8-5-3;/h3-9H,2,10H2,1H3;5-7H,4H2,1-3H3;1-4,10H,5,9H2;3-4H,1-2H3;1H,4H2,2H3;1-2H,(H,6,7);1H/b;9-7+;;;;;. The Balaban J connectivity index is 0.000000493. The van der Waals surface area contributed by atoms with Crippen molar-refractivity contribution in [2.24, 2.45) is 5.84 Å². The topological polar surface area (TPSA) is 335 Å². The minimum absolute atomic E-state index is 0. The van der Waals surface area contributed by atoms with E-state index in [1.807, 2.05) is 0 Å². The number of nitrogens with zero attached hydrogens (tertiary/aromatic N) is 8. The lowest BCUT2D eigenvalue weighted by atomic mass is 10.2. The van der Waals surface area contributed by atoms with Crippen LogP contribution in [0.5, 0.6) is 0 Å². The number of hydrazine groups is 1. The highest BCUT2D eigenvalue weighted by atomic mass is 35.5. The zero-order valence-electron chi connectivity index (χ0n) is 42.9. The first-order valence-corrected chi connectivity index (χ1v) is 22.2. The third-order valence-electron chi connectivity index (χ3n) is 8.82. The number of nitrogens with one attached hydrogen (secondary N) is 1. The summed E-state index contributed by atoms with van der Waals surface area (Å²) in [6.07, 6.45) is 10.9. The van der Waals surface area contributed by atoms with Crippen LogP contribution in [0, 0.1) is 24.0 Å². The van der Waals surface area contributed by atoms with E-state index in [2.05, 4.69) is 60.7 Å². The second kappa shape index (κ2) is 37.3. The molecular formula is C49H55ClF2N10O16. The smallest absolute Gasteiger partial charge is 0.384 e. The monoisotopic (exact) mass is 1110 g/mol. The number of hydroxylamine groups is 4. The number of halogens is 3. The van der Waals surface area contributed by atoms with Gasteiger partial charge in [0.25, 0.3) is 5.91 Å². The van der Waals surface area contributed by atoms with Gasteiger partial charge in [-0.15, -0.1) is 18.8 Å². The van der Waals surface area contributed by atoms with Crippen molar-refractivity contribution in [2.75, 3.05) is 48.1 Å². The summed E-state index contributed by atoms with van der Waals surface area (Å²) in [5.41, 5.74) is 4.86. The predicted molar refractivity (Wildman–Crippen MR) is 269 cm³/mol. The van der Waals surface area contributed by atoms with Gasteiger partial charge in [0, 0.05) is 74.1 Å². The molecule has 7 aromatic rings. The van der Waals surface area contributed by atoms with Gasteiger partial charge >= 0.3 is 23.9 Å². The summed E-state index contributed by atoms with van der Waals surface area (Å²) < 4.78 is 60.3. The van der Waals surface area contributed by atoms with Gasteiger partial charge in [0.2, 0.25) is 5.78 Å². The van der Waals surface area contributed by atoms with Gasteiger partial charge in [-0.3, -0.25) is 40.3 Å². The van der Waals surface area contributed by atoms with Gasteiger partial charge in [-0.25, -0.2) is 33.0 Å². The third-order valence-corrected chi connectivity index (χ3v) is 8.82. The van der Waals surface area contributed by atoms with Crippen molar-refractivity contribution in [2.45, 2.75) is 33.9 Å². The molecule has 7 rings (SSSR count). The molecule has 0 saturated carbocycles. The SMILES string of the molecule is C#CC(=O)OCC.CCOC(=O)/C(=C\C(=O)c1ccon1)N(C)OC.CCOC(=O)c1cc(-c2ccon2)n(Cc2ccccc2F)n1.CON(C)C(=O)c1ccon1.Cl.NNCc1ccccc1F.O=C(O)c1ccon1. The maximum absolute atomic E-state index is 13.9. The predicted octanol–water partition coefficient (Wildman–Crippen LogP) is 5.77. The van der Waals surface area contributed by atoms with Crippen LogP contribution in [0.25, 0.3) is 11.4 Å². The van der Waals surface area contributed by atoms with E-state index < -0.39 is 29.7 Å². The molecule has 1 amide bonds. The number of benzene rings is 2. The first-order valence-electron chi connectivity index (χ1n) is 22.2. The summed E-state index contributed by atoms with van der Waals surface area (Å²) in [6, 6.07) is 20.3. The molecule has 5 heterocycles. The van der Waals surface area contributed by atoms with Crippen LogP contribution in [-0.2, 0) is 46.6 Å². The summed E-state index contributed by atoms with van der Waals surface area (Å²) in [7, 11) is 5.75. The molecule has 0 radical (unpaired) electrons. The van der Waals surface area contributed by atoms with E-state index in [0.29, 0.717) is 35.7 Å². The third kappa shape index (κ3) is 23.4. The molecule has 0 saturated heterocycles. The van der Waals surface area contributed by atoms with Crippen LogP contribution in [0.3, 0.4) is 0 Å². The Morgan fingerprint density at radius 1 is 0.718 bits per heavy atom. The van der Waals surface area contributed by atoms with Crippen LogP contribution in [0.15, 0.2) is 134 Å². The number of esters is 3. The molecule has 0 aliphatic carbocycles. The van der Waals surface area contributed by atoms with E-state index in [-0.39, 0.29) is 78.2 Å². The number of aromatic nitrogens is 6. The van der Waals surface area contributed by atoms with Crippen molar-refractivity contribution in [3.05, 3.63) is 161 Å². The van der Waals surface area contributed by atoms with Gasteiger partial charge in [0.1, 0.15) is 42.4 Å². The number of hydrogen-bond acceptors (Lipinski definition) is 23. The number of carboxylic acid groups (broad SMARTS) is 1. The Hall–Kier alpha value is -9.40. The van der Waals surface area contributed by atoms with E-state index in [1.54, 1.807) is 75.2 Å².